The third-order valence-electron chi connectivity index (χ3n) is 5.85. The van der Waals surface area contributed by atoms with E-state index in [0.29, 0.717) is 19.3 Å². The van der Waals surface area contributed by atoms with Crippen LogP contribution in [-0.4, -0.2) is 50.4 Å². The summed E-state index contributed by atoms with van der Waals surface area (Å²) < 4.78 is 35.6. The van der Waals surface area contributed by atoms with Gasteiger partial charge in [0.1, 0.15) is 6.61 Å². The second-order valence-corrected chi connectivity index (χ2v) is 10.0. The first-order chi connectivity index (χ1) is 15.3. The maximum absolute atomic E-state index is 13.4. The molecule has 3 rings (SSSR count). The van der Waals surface area contributed by atoms with Crippen LogP contribution < -0.4 is 10.6 Å². The van der Waals surface area contributed by atoms with E-state index in [9.17, 15) is 22.8 Å². The predicted molar refractivity (Wildman–Crippen MR) is 115 cm³/mol. The van der Waals surface area contributed by atoms with Crippen molar-refractivity contribution in [2.75, 3.05) is 13.2 Å². The van der Waals surface area contributed by atoms with Crippen LogP contribution in [0, 0.1) is 0 Å². The van der Waals surface area contributed by atoms with Gasteiger partial charge in [-0.3, -0.25) is 4.79 Å². The Hall–Kier alpha value is -2.88. The Balaban J connectivity index is 1.90. The SMILES string of the molecule is CCOC(=O)C1=C(COC(=O)C2(S(=O)(=O)c3ccccc3)CCCC2)NC(=O)NC1CC. The van der Waals surface area contributed by atoms with Crippen molar-refractivity contribution in [3.05, 3.63) is 41.6 Å². The van der Waals surface area contributed by atoms with E-state index in [1.807, 2.05) is 0 Å². The molecule has 0 spiro atoms. The molecular formula is C22H28N2O7S. The molecule has 10 heteroatoms. The lowest BCUT2D eigenvalue weighted by atomic mass is 10.0. The number of nitrogens with one attached hydrogen (secondary N) is 2. The predicted octanol–water partition coefficient (Wildman–Crippen LogP) is 2.22. The average Bonchev–Trinajstić information content (AvgIpc) is 3.29. The molecule has 1 atom stereocenters. The Bertz CT molecular complexity index is 1010. The average molecular weight is 465 g/mol. The largest absolute Gasteiger partial charge is 0.463 e. The van der Waals surface area contributed by atoms with Gasteiger partial charge in [-0.25, -0.2) is 18.0 Å². The van der Waals surface area contributed by atoms with E-state index in [2.05, 4.69) is 10.6 Å². The van der Waals surface area contributed by atoms with E-state index in [1.165, 1.54) is 12.1 Å². The van der Waals surface area contributed by atoms with E-state index in [0.717, 1.165) is 0 Å². The van der Waals surface area contributed by atoms with Crippen molar-refractivity contribution in [1.82, 2.24) is 10.6 Å². The molecule has 2 amide bonds. The number of hydrogen-bond donors (Lipinski definition) is 2. The standard InChI is InChI=1S/C22H28N2O7S/c1-3-16-18(19(25)30-4-2)17(24-21(27)23-16)14-31-20(26)22(12-8-9-13-22)32(28,29)15-10-6-5-7-11-15/h5-7,10-11,16H,3-4,8-9,12-14H2,1-2H3,(H2,23,24,27). The van der Waals surface area contributed by atoms with Crippen LogP contribution in [0.2, 0.25) is 0 Å². The minimum atomic E-state index is -4.00. The van der Waals surface area contributed by atoms with Crippen LogP contribution in [0.25, 0.3) is 0 Å². The molecule has 1 aromatic carbocycles. The van der Waals surface area contributed by atoms with Crippen molar-refractivity contribution in [1.29, 1.82) is 0 Å². The number of amides is 2. The Labute approximate surface area is 187 Å². The molecule has 1 unspecified atom stereocenters. The quantitative estimate of drug-likeness (QED) is 0.565. The molecule has 9 nitrogen and oxygen atoms in total. The maximum atomic E-state index is 13.4. The van der Waals surface area contributed by atoms with Crippen LogP contribution in [0.3, 0.4) is 0 Å². The summed E-state index contributed by atoms with van der Waals surface area (Å²) in [5, 5.41) is 5.14. The fourth-order valence-corrected chi connectivity index (χ4v) is 6.27. The molecule has 174 valence electrons. The summed E-state index contributed by atoms with van der Waals surface area (Å²) in [6, 6.07) is 6.69. The van der Waals surface area contributed by atoms with Crippen molar-refractivity contribution in [2.24, 2.45) is 0 Å². The molecule has 1 saturated carbocycles. The molecule has 0 bridgehead atoms. The monoisotopic (exact) mass is 464 g/mol. The first-order valence-electron chi connectivity index (χ1n) is 10.7. The molecule has 1 aromatic rings. The third kappa shape index (κ3) is 4.36. The van der Waals surface area contributed by atoms with Gasteiger partial charge in [0.15, 0.2) is 14.6 Å². The highest BCUT2D eigenvalue weighted by Gasteiger charge is 2.54. The molecular weight excluding hydrogens is 436 g/mol. The lowest BCUT2D eigenvalue weighted by Gasteiger charge is -2.30. The van der Waals surface area contributed by atoms with E-state index in [4.69, 9.17) is 9.47 Å². The van der Waals surface area contributed by atoms with Crippen LogP contribution in [0.15, 0.2) is 46.5 Å². The zero-order valence-corrected chi connectivity index (χ0v) is 19.0. The van der Waals surface area contributed by atoms with Gasteiger partial charge in [-0.1, -0.05) is 38.0 Å². The number of carbonyl (C=O) groups is 3. The van der Waals surface area contributed by atoms with Gasteiger partial charge in [0, 0.05) is 0 Å². The number of ether oxygens (including phenoxy) is 2. The van der Waals surface area contributed by atoms with Crippen molar-refractivity contribution >= 4 is 27.8 Å². The highest BCUT2D eigenvalue weighted by atomic mass is 32.2. The van der Waals surface area contributed by atoms with Crippen molar-refractivity contribution < 1.29 is 32.3 Å². The second-order valence-electron chi connectivity index (χ2n) is 7.77. The molecule has 1 fully saturated rings. The third-order valence-corrected chi connectivity index (χ3v) is 8.34. The van der Waals surface area contributed by atoms with Gasteiger partial charge >= 0.3 is 18.0 Å². The van der Waals surface area contributed by atoms with Crippen molar-refractivity contribution in [2.45, 2.75) is 61.6 Å². The van der Waals surface area contributed by atoms with Gasteiger partial charge in [-0.15, -0.1) is 0 Å². The van der Waals surface area contributed by atoms with Crippen LogP contribution in [0.1, 0.15) is 46.0 Å². The van der Waals surface area contributed by atoms with Crippen LogP contribution in [-0.2, 0) is 28.9 Å². The highest BCUT2D eigenvalue weighted by Crippen LogP contribution is 2.41. The van der Waals surface area contributed by atoms with Gasteiger partial charge in [0.2, 0.25) is 0 Å². The summed E-state index contributed by atoms with van der Waals surface area (Å²) >= 11 is 0. The highest BCUT2D eigenvalue weighted by molar-refractivity contribution is 7.93. The van der Waals surface area contributed by atoms with Crippen molar-refractivity contribution in [3.8, 4) is 0 Å². The maximum Gasteiger partial charge on any atom is 0.338 e. The van der Waals surface area contributed by atoms with E-state index in [-0.39, 0.29) is 35.6 Å². The molecule has 0 saturated heterocycles. The Morgan fingerprint density at radius 1 is 1.09 bits per heavy atom. The molecule has 1 aliphatic carbocycles. The lowest BCUT2D eigenvalue weighted by Crippen LogP contribution is -2.51. The summed E-state index contributed by atoms with van der Waals surface area (Å²) in [6.45, 7) is 3.15. The fraction of sp³-hybridized carbons (Fsp3) is 0.500. The van der Waals surface area contributed by atoms with Gasteiger partial charge in [-0.2, -0.15) is 0 Å². The van der Waals surface area contributed by atoms with Gasteiger partial charge in [0.25, 0.3) is 0 Å². The van der Waals surface area contributed by atoms with Crippen LogP contribution in [0.5, 0.6) is 0 Å². The molecule has 2 N–H and O–H groups in total. The Morgan fingerprint density at radius 3 is 2.34 bits per heavy atom. The van der Waals surface area contributed by atoms with Gasteiger partial charge in [-0.05, 0) is 38.3 Å². The molecule has 0 radical (unpaired) electrons. The van der Waals surface area contributed by atoms with E-state index < -0.39 is 45.2 Å². The first kappa shape index (κ1) is 23.8. The molecule has 2 aliphatic rings. The van der Waals surface area contributed by atoms with Crippen LogP contribution in [0.4, 0.5) is 4.79 Å². The summed E-state index contributed by atoms with van der Waals surface area (Å²) in [5.41, 5.74) is 0.255. The summed E-state index contributed by atoms with van der Waals surface area (Å²) in [5.74, 6) is -1.51. The minimum absolute atomic E-state index is 0.0616. The van der Waals surface area contributed by atoms with Crippen LogP contribution >= 0.6 is 0 Å². The summed E-state index contributed by atoms with van der Waals surface area (Å²) in [7, 11) is -4.00. The molecule has 32 heavy (non-hydrogen) atoms. The fourth-order valence-electron chi connectivity index (χ4n) is 4.20. The number of carbonyl (C=O) groups excluding carboxylic acids is 3. The zero-order chi connectivity index (χ0) is 23.4. The van der Waals surface area contributed by atoms with E-state index in [1.54, 1.807) is 32.0 Å². The second kappa shape index (κ2) is 9.72. The van der Waals surface area contributed by atoms with Gasteiger partial charge in [0.05, 0.1) is 28.8 Å². The first-order valence-corrected chi connectivity index (χ1v) is 12.2. The number of urea groups is 1. The topological polar surface area (TPSA) is 128 Å². The number of esters is 2. The number of benzene rings is 1. The molecule has 0 aromatic heterocycles. The minimum Gasteiger partial charge on any atom is -0.463 e. The number of sulfone groups is 1. The smallest absolute Gasteiger partial charge is 0.338 e. The summed E-state index contributed by atoms with van der Waals surface area (Å²) in [4.78, 5) is 37.8. The van der Waals surface area contributed by atoms with Gasteiger partial charge < -0.3 is 20.1 Å². The Kier molecular flexibility index (Phi) is 7.22. The number of rotatable bonds is 8. The zero-order valence-electron chi connectivity index (χ0n) is 18.2. The lowest BCUT2D eigenvalue weighted by molar-refractivity contribution is -0.146. The Morgan fingerprint density at radius 2 is 1.75 bits per heavy atom. The number of hydrogen-bond acceptors (Lipinski definition) is 7. The van der Waals surface area contributed by atoms with E-state index >= 15 is 0 Å². The normalized spacial score (nSPS) is 20.3. The van der Waals surface area contributed by atoms with Crippen molar-refractivity contribution in [3.63, 3.8) is 0 Å². The molecule has 1 aliphatic heterocycles. The summed E-state index contributed by atoms with van der Waals surface area (Å²) in [6.07, 6.45) is 1.88. The molecule has 1 heterocycles.